The second-order valence-electron chi connectivity index (χ2n) is 6.05. The Hall–Kier alpha value is -3.63. The smallest absolute Gasteiger partial charge is 0.293 e. The van der Waals surface area contributed by atoms with E-state index in [1.165, 1.54) is 12.3 Å². The first-order valence-corrected chi connectivity index (χ1v) is 9.14. The molecule has 1 saturated heterocycles. The number of carbonyl (C=O) groups excluding carboxylic acids is 2. The number of nitriles is 1. The van der Waals surface area contributed by atoms with Crippen LogP contribution in [0.5, 0.6) is 0 Å². The zero-order chi connectivity index (χ0) is 19.7. The van der Waals surface area contributed by atoms with Gasteiger partial charge in [-0.3, -0.25) is 19.3 Å². The van der Waals surface area contributed by atoms with E-state index in [0.717, 1.165) is 16.7 Å². The molecule has 2 heterocycles. The largest absolute Gasteiger partial charge is 0.463 e. The average molecular weight is 388 g/mol. The topological polar surface area (TPSA) is 91.4 Å². The maximum absolute atomic E-state index is 12.7. The summed E-state index contributed by atoms with van der Waals surface area (Å²) in [6.45, 7) is -0.00192. The Kier molecular flexibility index (Phi) is 4.55. The molecule has 7 heteroatoms. The Morgan fingerprint density at radius 3 is 2.64 bits per heavy atom. The molecular formula is C21H12N2O4S. The van der Waals surface area contributed by atoms with Gasteiger partial charge < -0.3 is 4.42 Å². The summed E-state index contributed by atoms with van der Waals surface area (Å²) in [5.74, 6) is -0.504. The van der Waals surface area contributed by atoms with Gasteiger partial charge in [0.2, 0.25) is 0 Å². The molecule has 0 unspecified atom stereocenters. The number of para-hydroxylation sites is 1. The number of amides is 2. The van der Waals surface area contributed by atoms with E-state index in [1.807, 2.05) is 0 Å². The molecular weight excluding hydrogens is 376 g/mol. The van der Waals surface area contributed by atoms with Gasteiger partial charge in [0.15, 0.2) is 5.43 Å². The highest BCUT2D eigenvalue weighted by Crippen LogP contribution is 2.33. The third-order valence-electron chi connectivity index (χ3n) is 4.33. The number of rotatable bonds is 3. The lowest BCUT2D eigenvalue weighted by molar-refractivity contribution is -0.123. The number of nitrogens with zero attached hydrogens (tertiary/aromatic N) is 2. The van der Waals surface area contributed by atoms with E-state index < -0.39 is 11.1 Å². The molecule has 2 aromatic carbocycles. The van der Waals surface area contributed by atoms with Gasteiger partial charge in [-0.25, -0.2) is 0 Å². The van der Waals surface area contributed by atoms with E-state index in [-0.39, 0.29) is 22.4 Å². The first-order chi connectivity index (χ1) is 13.6. The van der Waals surface area contributed by atoms with Crippen LogP contribution in [-0.4, -0.2) is 16.0 Å². The van der Waals surface area contributed by atoms with Crippen molar-refractivity contribution in [3.8, 4) is 6.07 Å². The highest BCUT2D eigenvalue weighted by atomic mass is 32.2. The lowest BCUT2D eigenvalue weighted by atomic mass is 10.1. The number of imide groups is 1. The van der Waals surface area contributed by atoms with Gasteiger partial charge in [0, 0.05) is 0 Å². The molecule has 0 bridgehead atoms. The molecule has 1 aliphatic heterocycles. The molecule has 1 aliphatic rings. The van der Waals surface area contributed by atoms with Crippen LogP contribution >= 0.6 is 11.8 Å². The van der Waals surface area contributed by atoms with Crippen molar-refractivity contribution in [1.29, 1.82) is 5.26 Å². The molecule has 0 spiro atoms. The maximum Gasteiger partial charge on any atom is 0.293 e. The van der Waals surface area contributed by atoms with Gasteiger partial charge in [0.1, 0.15) is 11.8 Å². The van der Waals surface area contributed by atoms with E-state index in [1.54, 1.807) is 48.5 Å². The van der Waals surface area contributed by atoms with Crippen molar-refractivity contribution in [1.82, 2.24) is 4.90 Å². The third kappa shape index (κ3) is 3.10. The standard InChI is InChI=1S/C21H12N2O4S/c22-10-13-5-1-2-6-14(13)11-23-20(25)18(28-21(23)26)9-15-12-27-17-8-4-3-7-16(17)19(15)24/h1-9,12H,11H2/b18-9-. The van der Waals surface area contributed by atoms with E-state index in [9.17, 15) is 19.6 Å². The summed E-state index contributed by atoms with van der Waals surface area (Å²) in [4.78, 5) is 38.8. The van der Waals surface area contributed by atoms with Crippen molar-refractivity contribution in [3.63, 3.8) is 0 Å². The summed E-state index contributed by atoms with van der Waals surface area (Å²) in [6.07, 6.45) is 2.66. The fourth-order valence-electron chi connectivity index (χ4n) is 2.91. The lowest BCUT2D eigenvalue weighted by Crippen LogP contribution is -2.27. The Labute approximate surface area is 163 Å². The van der Waals surface area contributed by atoms with Crippen LogP contribution in [0.3, 0.4) is 0 Å². The van der Waals surface area contributed by atoms with Gasteiger partial charge in [-0.1, -0.05) is 30.3 Å². The highest BCUT2D eigenvalue weighted by Gasteiger charge is 2.35. The number of hydrogen-bond acceptors (Lipinski definition) is 6. The summed E-state index contributed by atoms with van der Waals surface area (Å²) in [5, 5.41) is 9.14. The second kappa shape index (κ2) is 7.18. The zero-order valence-corrected chi connectivity index (χ0v) is 15.2. The molecule has 0 saturated carbocycles. The summed E-state index contributed by atoms with van der Waals surface area (Å²) in [7, 11) is 0. The molecule has 1 fully saturated rings. The van der Waals surface area contributed by atoms with Gasteiger partial charge in [0.25, 0.3) is 11.1 Å². The van der Waals surface area contributed by atoms with E-state index >= 15 is 0 Å². The van der Waals surface area contributed by atoms with Crippen molar-refractivity contribution in [3.05, 3.63) is 86.6 Å². The molecule has 3 aromatic rings. The van der Waals surface area contributed by atoms with Crippen LogP contribution < -0.4 is 5.43 Å². The van der Waals surface area contributed by atoms with Crippen molar-refractivity contribution >= 4 is 40.0 Å². The van der Waals surface area contributed by atoms with Crippen LogP contribution in [0.15, 0.2) is 68.9 Å². The van der Waals surface area contributed by atoms with Crippen LogP contribution in [0.4, 0.5) is 4.79 Å². The van der Waals surface area contributed by atoms with Gasteiger partial charge in [-0.05, 0) is 41.6 Å². The molecule has 6 nitrogen and oxygen atoms in total. The molecule has 0 N–H and O–H groups in total. The lowest BCUT2D eigenvalue weighted by Gasteiger charge is -2.13. The zero-order valence-electron chi connectivity index (χ0n) is 14.4. The SMILES string of the molecule is N#Cc1ccccc1CN1C(=O)S/C(=C\c2coc3ccccc3c2=O)C1=O. The first kappa shape index (κ1) is 17.8. The predicted octanol–water partition coefficient (Wildman–Crippen LogP) is 3.90. The average Bonchev–Trinajstić information content (AvgIpc) is 2.98. The van der Waals surface area contributed by atoms with Crippen LogP contribution in [-0.2, 0) is 11.3 Å². The number of hydrogen-bond donors (Lipinski definition) is 0. The Morgan fingerprint density at radius 1 is 1.07 bits per heavy atom. The number of fused-ring (bicyclic) bond motifs is 1. The number of carbonyl (C=O) groups is 2. The second-order valence-corrected chi connectivity index (χ2v) is 7.05. The maximum atomic E-state index is 12.7. The summed E-state index contributed by atoms with van der Waals surface area (Å²) >= 11 is 0.759. The van der Waals surface area contributed by atoms with Crippen LogP contribution in [0.25, 0.3) is 17.0 Å². The highest BCUT2D eigenvalue weighted by molar-refractivity contribution is 8.18. The quantitative estimate of drug-likeness (QED) is 0.632. The minimum Gasteiger partial charge on any atom is -0.463 e. The van der Waals surface area contributed by atoms with Crippen molar-refractivity contribution in [2.45, 2.75) is 6.54 Å². The minimum atomic E-state index is -0.504. The van der Waals surface area contributed by atoms with Crippen LogP contribution in [0.2, 0.25) is 0 Å². The molecule has 0 aliphatic carbocycles. The molecule has 2 amide bonds. The van der Waals surface area contributed by atoms with Gasteiger partial charge in [-0.15, -0.1) is 0 Å². The first-order valence-electron chi connectivity index (χ1n) is 8.32. The fraction of sp³-hybridized carbons (Fsp3) is 0.0476. The molecule has 1 aromatic heterocycles. The summed E-state index contributed by atoms with van der Waals surface area (Å²) in [5.41, 5.74) is 1.36. The molecule has 136 valence electrons. The van der Waals surface area contributed by atoms with E-state index in [4.69, 9.17) is 4.42 Å². The minimum absolute atomic E-state index is 0.00192. The van der Waals surface area contributed by atoms with Gasteiger partial charge >= 0.3 is 0 Å². The van der Waals surface area contributed by atoms with Crippen molar-refractivity contribution < 1.29 is 14.0 Å². The monoisotopic (exact) mass is 388 g/mol. The van der Waals surface area contributed by atoms with Gasteiger partial charge in [-0.2, -0.15) is 5.26 Å². The molecule has 0 radical (unpaired) electrons. The fourth-order valence-corrected chi connectivity index (χ4v) is 3.74. The summed E-state index contributed by atoms with van der Waals surface area (Å²) in [6, 6.07) is 15.6. The Bertz CT molecular complexity index is 1250. The molecule has 4 rings (SSSR count). The van der Waals surface area contributed by atoms with Crippen LogP contribution in [0.1, 0.15) is 16.7 Å². The van der Waals surface area contributed by atoms with Crippen molar-refractivity contribution in [2.75, 3.05) is 0 Å². The van der Waals surface area contributed by atoms with E-state index in [0.29, 0.717) is 22.1 Å². The number of benzene rings is 2. The number of thioether (sulfide) groups is 1. The van der Waals surface area contributed by atoms with Crippen LogP contribution in [0, 0.1) is 11.3 Å². The Balaban J connectivity index is 1.67. The van der Waals surface area contributed by atoms with E-state index in [2.05, 4.69) is 6.07 Å². The summed E-state index contributed by atoms with van der Waals surface area (Å²) < 4.78 is 5.45. The van der Waals surface area contributed by atoms with Gasteiger partial charge in [0.05, 0.1) is 34.0 Å². The molecule has 0 atom stereocenters. The van der Waals surface area contributed by atoms with Crippen molar-refractivity contribution in [2.24, 2.45) is 0 Å². The third-order valence-corrected chi connectivity index (χ3v) is 5.24. The predicted molar refractivity (Wildman–Crippen MR) is 105 cm³/mol. The Morgan fingerprint density at radius 2 is 1.82 bits per heavy atom. The normalized spacial score (nSPS) is 15.4. The molecule has 28 heavy (non-hydrogen) atoms.